The highest BCUT2D eigenvalue weighted by molar-refractivity contribution is 5.83. The summed E-state index contributed by atoms with van der Waals surface area (Å²) in [5, 5.41) is 2.80. The Labute approximate surface area is 86.3 Å². The summed E-state index contributed by atoms with van der Waals surface area (Å²) in [4.78, 5) is 22.6. The average molecular weight is 199 g/mol. The van der Waals surface area contributed by atoms with E-state index in [1.54, 1.807) is 6.92 Å². The number of hydrogen-bond acceptors (Lipinski definition) is 2. The Morgan fingerprint density at radius 1 is 1.14 bits per heavy atom. The van der Waals surface area contributed by atoms with Crippen LogP contribution in [0.2, 0.25) is 0 Å². The van der Waals surface area contributed by atoms with Gasteiger partial charge in [-0.2, -0.15) is 0 Å². The van der Waals surface area contributed by atoms with Crippen molar-refractivity contribution >= 4 is 11.7 Å². The molecule has 0 unspecified atom stereocenters. The third-order valence-electron chi connectivity index (χ3n) is 3.05. The molecule has 0 heterocycles. The second-order valence-electron chi connectivity index (χ2n) is 3.67. The number of carbonyl (C=O) groups excluding carboxylic acids is 2. The summed E-state index contributed by atoms with van der Waals surface area (Å²) in [6, 6.07) is 0. The molecule has 3 nitrogen and oxygen atoms in total. The third-order valence-corrected chi connectivity index (χ3v) is 3.05. The van der Waals surface area contributed by atoms with Crippen LogP contribution in [0.1, 0.15) is 47.0 Å². The normalized spacial score (nSPS) is 11.1. The number of amides is 1. The molecule has 0 spiro atoms. The van der Waals surface area contributed by atoms with E-state index in [0.29, 0.717) is 13.0 Å². The molecule has 0 aliphatic rings. The zero-order chi connectivity index (χ0) is 11.2. The van der Waals surface area contributed by atoms with Gasteiger partial charge in [0.15, 0.2) is 0 Å². The van der Waals surface area contributed by atoms with Gasteiger partial charge in [0.1, 0.15) is 5.78 Å². The van der Waals surface area contributed by atoms with Gasteiger partial charge < -0.3 is 5.32 Å². The van der Waals surface area contributed by atoms with E-state index in [2.05, 4.69) is 5.32 Å². The molecule has 0 aromatic rings. The van der Waals surface area contributed by atoms with Crippen molar-refractivity contribution in [3.05, 3.63) is 0 Å². The maximum Gasteiger partial charge on any atom is 0.219 e. The Bertz CT molecular complexity index is 207. The fourth-order valence-electron chi connectivity index (χ4n) is 1.52. The van der Waals surface area contributed by atoms with E-state index in [9.17, 15) is 9.59 Å². The molecular formula is C11H21NO2. The van der Waals surface area contributed by atoms with Crippen molar-refractivity contribution in [2.24, 2.45) is 5.41 Å². The lowest BCUT2D eigenvalue weighted by atomic mass is 9.79. The van der Waals surface area contributed by atoms with Gasteiger partial charge in [0.2, 0.25) is 5.91 Å². The number of rotatable bonds is 6. The molecule has 0 saturated carbocycles. The van der Waals surface area contributed by atoms with Crippen LogP contribution in [-0.2, 0) is 9.59 Å². The summed E-state index contributed by atoms with van der Waals surface area (Å²) in [6.45, 7) is 7.86. The Morgan fingerprint density at radius 3 is 1.93 bits per heavy atom. The van der Waals surface area contributed by atoms with Crippen molar-refractivity contribution in [3.8, 4) is 0 Å². The second-order valence-corrected chi connectivity index (χ2v) is 3.67. The minimum absolute atomic E-state index is 0.0116. The van der Waals surface area contributed by atoms with E-state index >= 15 is 0 Å². The average Bonchev–Trinajstić information content (AvgIpc) is 2.19. The van der Waals surface area contributed by atoms with Gasteiger partial charge in [-0.15, -0.1) is 0 Å². The fraction of sp³-hybridized carbons (Fsp3) is 0.818. The lowest BCUT2D eigenvalue weighted by molar-refractivity contribution is -0.128. The predicted molar refractivity (Wildman–Crippen MR) is 57.0 cm³/mol. The van der Waals surface area contributed by atoms with Crippen molar-refractivity contribution in [1.29, 1.82) is 0 Å². The van der Waals surface area contributed by atoms with E-state index < -0.39 is 0 Å². The molecule has 0 atom stereocenters. The van der Waals surface area contributed by atoms with Crippen molar-refractivity contribution in [1.82, 2.24) is 5.32 Å². The summed E-state index contributed by atoms with van der Waals surface area (Å²) in [5.41, 5.74) is -0.356. The number of hydrogen-bond donors (Lipinski definition) is 1. The van der Waals surface area contributed by atoms with Gasteiger partial charge >= 0.3 is 0 Å². The van der Waals surface area contributed by atoms with Crippen LogP contribution >= 0.6 is 0 Å². The maximum absolute atomic E-state index is 11.5. The molecule has 0 fully saturated rings. The molecule has 3 heteroatoms. The monoisotopic (exact) mass is 199 g/mol. The van der Waals surface area contributed by atoms with Gasteiger partial charge in [-0.3, -0.25) is 9.59 Å². The maximum atomic E-state index is 11.5. The van der Waals surface area contributed by atoms with Gasteiger partial charge in [0.05, 0.1) is 0 Å². The number of ketones is 1. The quantitative estimate of drug-likeness (QED) is 0.710. The highest BCUT2D eigenvalue weighted by atomic mass is 16.1. The van der Waals surface area contributed by atoms with E-state index in [4.69, 9.17) is 0 Å². The summed E-state index contributed by atoms with van der Waals surface area (Å²) in [6.07, 6.45) is 2.03. The Kier molecular flexibility index (Phi) is 5.43. The molecule has 1 N–H and O–H groups in total. The van der Waals surface area contributed by atoms with Crippen LogP contribution in [0.5, 0.6) is 0 Å². The summed E-state index contributed by atoms with van der Waals surface area (Å²) >= 11 is 0. The van der Waals surface area contributed by atoms with Crippen LogP contribution in [0, 0.1) is 5.41 Å². The van der Waals surface area contributed by atoms with Crippen LogP contribution in [0.15, 0.2) is 0 Å². The standard InChI is InChI=1S/C11H21NO2/c1-5-10(14)12-8-11(6-2,7-3)9(4)13/h5-8H2,1-4H3,(H,12,14). The molecule has 1 amide bonds. The molecule has 0 radical (unpaired) electrons. The van der Waals surface area contributed by atoms with Crippen LogP contribution in [0.25, 0.3) is 0 Å². The first-order valence-electron chi connectivity index (χ1n) is 5.30. The lowest BCUT2D eigenvalue weighted by Gasteiger charge is -2.28. The number of Topliss-reactive ketones (excluding diaryl/α,β-unsaturated/α-hetero) is 1. The van der Waals surface area contributed by atoms with Crippen LogP contribution in [0.3, 0.4) is 0 Å². The molecular weight excluding hydrogens is 178 g/mol. The first kappa shape index (κ1) is 13.1. The van der Waals surface area contributed by atoms with Gasteiger partial charge in [0.25, 0.3) is 0 Å². The van der Waals surface area contributed by atoms with E-state index in [0.717, 1.165) is 12.8 Å². The molecule has 0 saturated heterocycles. The Balaban J connectivity index is 4.37. The van der Waals surface area contributed by atoms with E-state index in [1.807, 2.05) is 20.8 Å². The molecule has 0 aromatic heterocycles. The van der Waals surface area contributed by atoms with Gasteiger partial charge in [0, 0.05) is 18.4 Å². The van der Waals surface area contributed by atoms with E-state index in [-0.39, 0.29) is 17.1 Å². The van der Waals surface area contributed by atoms with Crippen molar-refractivity contribution in [2.75, 3.05) is 6.54 Å². The first-order valence-corrected chi connectivity index (χ1v) is 5.30. The van der Waals surface area contributed by atoms with Crippen LogP contribution in [0.4, 0.5) is 0 Å². The number of nitrogens with one attached hydrogen (secondary N) is 1. The predicted octanol–water partition coefficient (Wildman–Crippen LogP) is 1.91. The minimum atomic E-state index is -0.356. The molecule has 0 bridgehead atoms. The van der Waals surface area contributed by atoms with Crippen LogP contribution < -0.4 is 5.32 Å². The minimum Gasteiger partial charge on any atom is -0.355 e. The highest BCUT2D eigenvalue weighted by Gasteiger charge is 2.31. The first-order chi connectivity index (χ1) is 6.52. The second kappa shape index (κ2) is 5.78. The molecule has 14 heavy (non-hydrogen) atoms. The third kappa shape index (κ3) is 3.13. The molecule has 0 aromatic carbocycles. The zero-order valence-corrected chi connectivity index (χ0v) is 9.64. The topological polar surface area (TPSA) is 46.2 Å². The smallest absolute Gasteiger partial charge is 0.219 e. The number of carbonyl (C=O) groups is 2. The highest BCUT2D eigenvalue weighted by Crippen LogP contribution is 2.26. The van der Waals surface area contributed by atoms with Crippen LogP contribution in [-0.4, -0.2) is 18.2 Å². The molecule has 82 valence electrons. The molecule has 0 aliphatic heterocycles. The van der Waals surface area contributed by atoms with Gasteiger partial charge in [-0.25, -0.2) is 0 Å². The van der Waals surface area contributed by atoms with Crippen molar-refractivity contribution < 1.29 is 9.59 Å². The van der Waals surface area contributed by atoms with Crippen molar-refractivity contribution in [3.63, 3.8) is 0 Å². The van der Waals surface area contributed by atoms with Crippen molar-refractivity contribution in [2.45, 2.75) is 47.0 Å². The SMILES string of the molecule is CCC(=O)NCC(CC)(CC)C(C)=O. The van der Waals surface area contributed by atoms with E-state index in [1.165, 1.54) is 0 Å². The van der Waals surface area contributed by atoms with Gasteiger partial charge in [-0.1, -0.05) is 20.8 Å². The fourth-order valence-corrected chi connectivity index (χ4v) is 1.52. The Morgan fingerprint density at radius 2 is 1.64 bits per heavy atom. The zero-order valence-electron chi connectivity index (χ0n) is 9.64. The molecule has 0 aliphatic carbocycles. The lowest BCUT2D eigenvalue weighted by Crippen LogP contribution is -2.41. The molecule has 0 rings (SSSR count). The van der Waals surface area contributed by atoms with Gasteiger partial charge in [-0.05, 0) is 19.8 Å². The Hall–Kier alpha value is -0.860. The summed E-state index contributed by atoms with van der Waals surface area (Å²) in [5.74, 6) is 0.177. The largest absolute Gasteiger partial charge is 0.355 e. The summed E-state index contributed by atoms with van der Waals surface area (Å²) in [7, 11) is 0. The summed E-state index contributed by atoms with van der Waals surface area (Å²) < 4.78 is 0.